The number of carbonyl (C=O) groups is 1. The van der Waals surface area contributed by atoms with E-state index >= 15 is 0 Å². The SMILES string of the molecule is O=C(O)C(CCNC[C@H](O)c1ccccc1)c1ccccc1. The molecule has 0 heterocycles. The minimum Gasteiger partial charge on any atom is -0.481 e. The Morgan fingerprint density at radius 2 is 1.50 bits per heavy atom. The molecule has 0 amide bonds. The Morgan fingerprint density at radius 3 is 2.05 bits per heavy atom. The Bertz CT molecular complexity index is 571. The van der Waals surface area contributed by atoms with Crippen LogP contribution in [-0.4, -0.2) is 29.3 Å². The fourth-order valence-corrected chi connectivity index (χ4v) is 2.40. The number of carboxylic acids is 1. The molecule has 0 aliphatic heterocycles. The van der Waals surface area contributed by atoms with Crippen LogP contribution in [0.25, 0.3) is 0 Å². The van der Waals surface area contributed by atoms with Crippen LogP contribution in [-0.2, 0) is 4.79 Å². The molecule has 2 aromatic carbocycles. The molecule has 2 aromatic rings. The first kappa shape index (κ1) is 16.2. The quantitative estimate of drug-likeness (QED) is 0.655. The standard InChI is InChI=1S/C18H21NO3/c20-17(15-9-5-2-6-10-15)13-19-12-11-16(18(21)22)14-7-3-1-4-8-14/h1-10,16-17,19-20H,11-13H2,(H,21,22)/t16?,17-/m0/s1. The maximum atomic E-state index is 11.4. The van der Waals surface area contributed by atoms with Crippen molar-refractivity contribution in [3.63, 3.8) is 0 Å². The van der Waals surface area contributed by atoms with Crippen molar-refractivity contribution in [1.82, 2.24) is 5.32 Å². The van der Waals surface area contributed by atoms with Crippen LogP contribution in [0.3, 0.4) is 0 Å². The van der Waals surface area contributed by atoms with Crippen LogP contribution >= 0.6 is 0 Å². The van der Waals surface area contributed by atoms with Gasteiger partial charge in [-0.2, -0.15) is 0 Å². The summed E-state index contributed by atoms with van der Waals surface area (Å²) in [5.74, 6) is -1.35. The molecule has 4 nitrogen and oxygen atoms in total. The molecule has 116 valence electrons. The number of nitrogens with one attached hydrogen (secondary N) is 1. The lowest BCUT2D eigenvalue weighted by atomic mass is 9.96. The second-order valence-electron chi connectivity index (χ2n) is 5.22. The van der Waals surface area contributed by atoms with Crippen LogP contribution in [0, 0.1) is 0 Å². The van der Waals surface area contributed by atoms with E-state index in [9.17, 15) is 15.0 Å². The fraction of sp³-hybridized carbons (Fsp3) is 0.278. The molecule has 0 bridgehead atoms. The van der Waals surface area contributed by atoms with Gasteiger partial charge in [0.25, 0.3) is 0 Å². The Balaban J connectivity index is 1.80. The summed E-state index contributed by atoms with van der Waals surface area (Å²) in [6, 6.07) is 18.6. The van der Waals surface area contributed by atoms with Crippen molar-refractivity contribution in [3.05, 3.63) is 71.8 Å². The van der Waals surface area contributed by atoms with Crippen molar-refractivity contribution < 1.29 is 15.0 Å². The number of aliphatic carboxylic acids is 1. The number of benzene rings is 2. The zero-order chi connectivity index (χ0) is 15.8. The molecule has 0 aliphatic carbocycles. The van der Waals surface area contributed by atoms with E-state index < -0.39 is 18.0 Å². The molecule has 4 heteroatoms. The van der Waals surface area contributed by atoms with Gasteiger partial charge in [0, 0.05) is 6.54 Å². The van der Waals surface area contributed by atoms with Crippen molar-refractivity contribution in [3.8, 4) is 0 Å². The van der Waals surface area contributed by atoms with Crippen LogP contribution in [0.4, 0.5) is 0 Å². The van der Waals surface area contributed by atoms with E-state index in [4.69, 9.17) is 0 Å². The van der Waals surface area contributed by atoms with Crippen LogP contribution in [0.2, 0.25) is 0 Å². The predicted octanol–water partition coefficient (Wildman–Crippen LogP) is 2.57. The highest BCUT2D eigenvalue weighted by Crippen LogP contribution is 2.19. The Hall–Kier alpha value is -2.17. The van der Waals surface area contributed by atoms with Crippen LogP contribution < -0.4 is 5.32 Å². The smallest absolute Gasteiger partial charge is 0.311 e. The van der Waals surface area contributed by atoms with Gasteiger partial charge >= 0.3 is 5.97 Å². The van der Waals surface area contributed by atoms with Crippen LogP contribution in [0.15, 0.2) is 60.7 Å². The minimum atomic E-state index is -0.823. The summed E-state index contributed by atoms with van der Waals surface area (Å²) >= 11 is 0. The molecule has 0 fully saturated rings. The second-order valence-corrected chi connectivity index (χ2v) is 5.22. The maximum Gasteiger partial charge on any atom is 0.311 e. The average Bonchev–Trinajstić information content (AvgIpc) is 2.56. The number of hydrogen-bond donors (Lipinski definition) is 3. The minimum absolute atomic E-state index is 0.408. The van der Waals surface area contributed by atoms with E-state index in [2.05, 4.69) is 5.32 Å². The Labute approximate surface area is 130 Å². The Kier molecular flexibility index (Phi) is 6.13. The summed E-state index contributed by atoms with van der Waals surface area (Å²) in [4.78, 5) is 11.4. The number of hydrogen-bond acceptors (Lipinski definition) is 3. The lowest BCUT2D eigenvalue weighted by Gasteiger charge is -2.15. The third-order valence-electron chi connectivity index (χ3n) is 3.63. The highest BCUT2D eigenvalue weighted by Gasteiger charge is 2.19. The first-order valence-corrected chi connectivity index (χ1v) is 7.40. The van der Waals surface area contributed by atoms with Crippen molar-refractivity contribution in [2.75, 3.05) is 13.1 Å². The van der Waals surface area contributed by atoms with Gasteiger partial charge in [0.2, 0.25) is 0 Å². The molecule has 2 rings (SSSR count). The summed E-state index contributed by atoms with van der Waals surface area (Å²) in [5.41, 5.74) is 1.66. The molecule has 0 saturated carbocycles. The van der Waals surface area contributed by atoms with Crippen LogP contribution in [0.1, 0.15) is 29.6 Å². The largest absolute Gasteiger partial charge is 0.481 e. The summed E-state index contributed by atoms with van der Waals surface area (Å²) in [6.07, 6.45) is -0.0953. The van der Waals surface area contributed by atoms with Crippen LogP contribution in [0.5, 0.6) is 0 Å². The molecule has 0 spiro atoms. The number of aliphatic hydroxyl groups is 1. The van der Waals surface area contributed by atoms with Gasteiger partial charge < -0.3 is 15.5 Å². The maximum absolute atomic E-state index is 11.4. The zero-order valence-corrected chi connectivity index (χ0v) is 12.4. The van der Waals surface area contributed by atoms with E-state index in [1.165, 1.54) is 0 Å². The van der Waals surface area contributed by atoms with Gasteiger partial charge in [0.05, 0.1) is 12.0 Å². The van der Waals surface area contributed by atoms with Crippen molar-refractivity contribution in [2.45, 2.75) is 18.4 Å². The van der Waals surface area contributed by atoms with Gasteiger partial charge in [0.1, 0.15) is 0 Å². The number of carboxylic acid groups (broad SMARTS) is 1. The second kappa shape index (κ2) is 8.32. The molecular weight excluding hydrogens is 278 g/mol. The number of rotatable bonds is 8. The molecule has 2 atom stereocenters. The van der Waals surface area contributed by atoms with Gasteiger partial charge in [-0.05, 0) is 24.1 Å². The fourth-order valence-electron chi connectivity index (χ4n) is 2.40. The molecule has 1 unspecified atom stereocenters. The third-order valence-corrected chi connectivity index (χ3v) is 3.63. The van der Waals surface area contributed by atoms with Gasteiger partial charge in [-0.25, -0.2) is 0 Å². The van der Waals surface area contributed by atoms with E-state index in [0.717, 1.165) is 11.1 Å². The monoisotopic (exact) mass is 299 g/mol. The number of aliphatic hydroxyl groups excluding tert-OH is 1. The first-order valence-electron chi connectivity index (χ1n) is 7.40. The molecular formula is C18H21NO3. The summed E-state index contributed by atoms with van der Waals surface area (Å²) in [7, 11) is 0. The van der Waals surface area contributed by atoms with E-state index in [1.54, 1.807) is 0 Å². The van der Waals surface area contributed by atoms with Crippen molar-refractivity contribution >= 4 is 5.97 Å². The summed E-state index contributed by atoms with van der Waals surface area (Å²) in [5, 5.41) is 22.5. The average molecular weight is 299 g/mol. The molecule has 0 radical (unpaired) electrons. The van der Waals surface area contributed by atoms with Gasteiger partial charge in [-0.1, -0.05) is 60.7 Å². The molecule has 0 aromatic heterocycles. The van der Waals surface area contributed by atoms with E-state index in [0.29, 0.717) is 19.5 Å². The normalized spacial score (nSPS) is 13.5. The van der Waals surface area contributed by atoms with E-state index in [1.807, 2.05) is 60.7 Å². The topological polar surface area (TPSA) is 69.6 Å². The molecule has 0 saturated heterocycles. The molecule has 0 aliphatic rings. The third kappa shape index (κ3) is 4.69. The molecule has 22 heavy (non-hydrogen) atoms. The predicted molar refractivity (Wildman–Crippen MR) is 85.7 cm³/mol. The Morgan fingerprint density at radius 1 is 0.955 bits per heavy atom. The van der Waals surface area contributed by atoms with Gasteiger partial charge in [0.15, 0.2) is 0 Å². The van der Waals surface area contributed by atoms with Crippen molar-refractivity contribution in [1.29, 1.82) is 0 Å². The molecule has 3 N–H and O–H groups in total. The van der Waals surface area contributed by atoms with Crippen molar-refractivity contribution in [2.24, 2.45) is 0 Å². The highest BCUT2D eigenvalue weighted by molar-refractivity contribution is 5.76. The van der Waals surface area contributed by atoms with Gasteiger partial charge in [-0.15, -0.1) is 0 Å². The van der Waals surface area contributed by atoms with Gasteiger partial charge in [-0.3, -0.25) is 4.79 Å². The zero-order valence-electron chi connectivity index (χ0n) is 12.4. The highest BCUT2D eigenvalue weighted by atomic mass is 16.4. The summed E-state index contributed by atoms with van der Waals surface area (Å²) in [6.45, 7) is 0.945. The first-order chi connectivity index (χ1) is 10.7. The lowest BCUT2D eigenvalue weighted by molar-refractivity contribution is -0.138. The summed E-state index contributed by atoms with van der Waals surface area (Å²) < 4.78 is 0. The lowest BCUT2D eigenvalue weighted by Crippen LogP contribution is -2.25. The van der Waals surface area contributed by atoms with E-state index in [-0.39, 0.29) is 0 Å².